The SMILES string of the molecule is O=C1CC(=O)N(c2c(O)cccc2C(=O)O)C1. The van der Waals surface area contributed by atoms with Crippen LogP contribution in [-0.4, -0.2) is 34.4 Å². The highest BCUT2D eigenvalue weighted by Gasteiger charge is 2.32. The van der Waals surface area contributed by atoms with Crippen LogP contribution in [0.25, 0.3) is 0 Å². The molecule has 1 saturated heterocycles. The molecule has 1 aliphatic heterocycles. The Morgan fingerprint density at radius 3 is 2.53 bits per heavy atom. The number of carboxylic acids is 1. The number of carbonyl (C=O) groups excluding carboxylic acids is 2. The molecule has 0 unspecified atom stereocenters. The zero-order valence-electron chi connectivity index (χ0n) is 8.71. The minimum Gasteiger partial charge on any atom is -0.506 e. The molecule has 0 spiro atoms. The second kappa shape index (κ2) is 3.89. The minimum absolute atomic E-state index is 0.115. The molecule has 1 aliphatic rings. The number of rotatable bonds is 2. The summed E-state index contributed by atoms with van der Waals surface area (Å²) in [4.78, 5) is 34.6. The molecule has 0 aromatic heterocycles. The van der Waals surface area contributed by atoms with Crippen molar-refractivity contribution in [3.8, 4) is 5.75 Å². The van der Waals surface area contributed by atoms with Gasteiger partial charge in [-0.2, -0.15) is 0 Å². The minimum atomic E-state index is -1.26. The van der Waals surface area contributed by atoms with Gasteiger partial charge in [0.25, 0.3) is 0 Å². The van der Waals surface area contributed by atoms with Crippen molar-refractivity contribution in [3.63, 3.8) is 0 Å². The van der Waals surface area contributed by atoms with E-state index in [1.807, 2.05) is 0 Å². The van der Waals surface area contributed by atoms with E-state index in [1.54, 1.807) is 0 Å². The highest BCUT2D eigenvalue weighted by atomic mass is 16.4. The fourth-order valence-electron chi connectivity index (χ4n) is 1.78. The summed E-state index contributed by atoms with van der Waals surface area (Å²) in [5, 5.41) is 18.6. The summed E-state index contributed by atoms with van der Waals surface area (Å²) < 4.78 is 0. The maximum atomic E-state index is 11.5. The Balaban J connectivity index is 2.54. The first kappa shape index (κ1) is 11.1. The van der Waals surface area contributed by atoms with Crippen molar-refractivity contribution in [2.75, 3.05) is 11.4 Å². The van der Waals surface area contributed by atoms with Crippen molar-refractivity contribution in [2.45, 2.75) is 6.42 Å². The molecule has 0 atom stereocenters. The van der Waals surface area contributed by atoms with Crippen LogP contribution < -0.4 is 4.90 Å². The molecule has 1 heterocycles. The Morgan fingerprint density at radius 2 is 2.00 bits per heavy atom. The lowest BCUT2D eigenvalue weighted by Gasteiger charge is -2.18. The van der Waals surface area contributed by atoms with Crippen molar-refractivity contribution in [3.05, 3.63) is 23.8 Å². The summed E-state index contributed by atoms with van der Waals surface area (Å²) in [6.45, 7) is -0.198. The van der Waals surface area contributed by atoms with Gasteiger partial charge in [-0.3, -0.25) is 9.59 Å². The van der Waals surface area contributed by atoms with Crippen molar-refractivity contribution in [2.24, 2.45) is 0 Å². The van der Waals surface area contributed by atoms with Crippen molar-refractivity contribution < 1.29 is 24.6 Å². The van der Waals surface area contributed by atoms with E-state index < -0.39 is 11.9 Å². The van der Waals surface area contributed by atoms with Crippen LogP contribution in [0.1, 0.15) is 16.8 Å². The average Bonchev–Trinajstić information content (AvgIpc) is 2.57. The molecule has 1 amide bonds. The van der Waals surface area contributed by atoms with Crippen LogP contribution in [0.5, 0.6) is 5.75 Å². The number of anilines is 1. The fraction of sp³-hybridized carbons (Fsp3) is 0.182. The van der Waals surface area contributed by atoms with Crippen LogP contribution >= 0.6 is 0 Å². The fourth-order valence-corrected chi connectivity index (χ4v) is 1.78. The smallest absolute Gasteiger partial charge is 0.337 e. The molecule has 2 rings (SSSR count). The number of hydrogen-bond acceptors (Lipinski definition) is 4. The van der Waals surface area contributed by atoms with Gasteiger partial charge in [0, 0.05) is 0 Å². The normalized spacial score (nSPS) is 15.4. The van der Waals surface area contributed by atoms with Crippen LogP contribution in [-0.2, 0) is 9.59 Å². The van der Waals surface area contributed by atoms with Gasteiger partial charge in [-0.1, -0.05) is 6.07 Å². The highest BCUT2D eigenvalue weighted by molar-refractivity contribution is 6.17. The van der Waals surface area contributed by atoms with E-state index >= 15 is 0 Å². The van der Waals surface area contributed by atoms with Crippen LogP contribution in [0.2, 0.25) is 0 Å². The summed E-state index contributed by atoms with van der Waals surface area (Å²) in [5.74, 6) is -2.38. The number of phenols is 1. The number of nitrogens with zero attached hydrogens (tertiary/aromatic N) is 1. The van der Waals surface area contributed by atoms with Gasteiger partial charge >= 0.3 is 5.97 Å². The van der Waals surface area contributed by atoms with Crippen LogP contribution in [0.3, 0.4) is 0 Å². The van der Waals surface area contributed by atoms with E-state index in [4.69, 9.17) is 5.11 Å². The molecular weight excluding hydrogens is 226 g/mol. The zero-order chi connectivity index (χ0) is 12.6. The molecule has 88 valence electrons. The quantitative estimate of drug-likeness (QED) is 0.723. The summed E-state index contributed by atoms with van der Waals surface area (Å²) >= 11 is 0. The molecule has 17 heavy (non-hydrogen) atoms. The topological polar surface area (TPSA) is 94.9 Å². The molecule has 1 aromatic carbocycles. The lowest BCUT2D eigenvalue weighted by Crippen LogP contribution is -2.26. The first-order valence-electron chi connectivity index (χ1n) is 4.88. The van der Waals surface area contributed by atoms with Gasteiger partial charge in [-0.15, -0.1) is 0 Å². The van der Waals surface area contributed by atoms with Gasteiger partial charge in [-0.25, -0.2) is 4.79 Å². The second-order valence-corrected chi connectivity index (χ2v) is 3.67. The molecule has 0 radical (unpaired) electrons. The maximum absolute atomic E-state index is 11.5. The first-order valence-corrected chi connectivity index (χ1v) is 4.88. The molecule has 6 nitrogen and oxygen atoms in total. The van der Waals surface area contributed by atoms with Gasteiger partial charge in [-0.05, 0) is 12.1 Å². The van der Waals surface area contributed by atoms with Crippen molar-refractivity contribution >= 4 is 23.3 Å². The standard InChI is InChI=1S/C11H9NO5/c13-6-4-9(15)12(5-6)10-7(11(16)17)2-1-3-8(10)14/h1-3,14H,4-5H2,(H,16,17). The molecule has 1 fully saturated rings. The van der Waals surface area contributed by atoms with Gasteiger partial charge in [0.1, 0.15) is 11.4 Å². The zero-order valence-corrected chi connectivity index (χ0v) is 8.71. The lowest BCUT2D eigenvalue weighted by atomic mass is 10.1. The lowest BCUT2D eigenvalue weighted by molar-refractivity contribution is -0.121. The summed E-state index contributed by atoms with van der Waals surface area (Å²) in [5.41, 5.74) is -0.316. The molecule has 1 aromatic rings. The Bertz CT molecular complexity index is 523. The maximum Gasteiger partial charge on any atom is 0.337 e. The predicted molar refractivity (Wildman–Crippen MR) is 57.0 cm³/mol. The molecule has 0 bridgehead atoms. The van der Waals surface area contributed by atoms with Gasteiger partial charge in [0.15, 0.2) is 5.78 Å². The van der Waals surface area contributed by atoms with Gasteiger partial charge < -0.3 is 15.1 Å². The van der Waals surface area contributed by atoms with E-state index in [0.717, 1.165) is 4.90 Å². The molecular formula is C11H9NO5. The third-order valence-corrected chi connectivity index (χ3v) is 2.50. The monoisotopic (exact) mass is 235 g/mol. The molecule has 2 N–H and O–H groups in total. The number of hydrogen-bond donors (Lipinski definition) is 2. The number of phenolic OH excluding ortho intramolecular Hbond substituents is 1. The largest absolute Gasteiger partial charge is 0.506 e. The molecule has 0 saturated carbocycles. The van der Waals surface area contributed by atoms with Crippen LogP contribution in [0, 0.1) is 0 Å². The summed E-state index contributed by atoms with van der Waals surface area (Å²) in [7, 11) is 0. The number of Topliss-reactive ketones (excluding diaryl/α,β-unsaturated/α-hetero) is 1. The number of aromatic hydroxyl groups is 1. The molecule has 0 aliphatic carbocycles. The van der Waals surface area contributed by atoms with E-state index in [2.05, 4.69) is 0 Å². The number of carboxylic acid groups (broad SMARTS) is 1. The van der Waals surface area contributed by atoms with E-state index in [9.17, 15) is 19.5 Å². The number of ketones is 1. The van der Waals surface area contributed by atoms with E-state index in [1.165, 1.54) is 18.2 Å². The second-order valence-electron chi connectivity index (χ2n) is 3.67. The Labute approximate surface area is 96.1 Å². The van der Waals surface area contributed by atoms with Crippen LogP contribution in [0.15, 0.2) is 18.2 Å². The summed E-state index contributed by atoms with van der Waals surface area (Å²) in [6, 6.07) is 3.91. The van der Waals surface area contributed by atoms with Gasteiger partial charge in [0.2, 0.25) is 5.91 Å². The number of benzene rings is 1. The Hall–Kier alpha value is -2.37. The number of carbonyl (C=O) groups is 3. The van der Waals surface area contributed by atoms with E-state index in [0.29, 0.717) is 0 Å². The Morgan fingerprint density at radius 1 is 1.29 bits per heavy atom. The first-order chi connectivity index (χ1) is 8.00. The number of para-hydroxylation sites is 1. The number of aromatic carboxylic acids is 1. The van der Waals surface area contributed by atoms with Crippen LogP contribution in [0.4, 0.5) is 5.69 Å². The Kier molecular flexibility index (Phi) is 2.55. The third kappa shape index (κ3) is 1.84. The average molecular weight is 235 g/mol. The van der Waals surface area contributed by atoms with E-state index in [-0.39, 0.29) is 35.7 Å². The number of amides is 1. The molecule has 6 heteroatoms. The summed E-state index contributed by atoms with van der Waals surface area (Å²) in [6.07, 6.45) is -0.257. The highest BCUT2D eigenvalue weighted by Crippen LogP contribution is 2.33. The predicted octanol–water partition coefficient (Wildman–Crippen LogP) is 0.396. The third-order valence-electron chi connectivity index (χ3n) is 2.50. The van der Waals surface area contributed by atoms with Crippen molar-refractivity contribution in [1.29, 1.82) is 0 Å². The van der Waals surface area contributed by atoms with Crippen molar-refractivity contribution in [1.82, 2.24) is 0 Å². The van der Waals surface area contributed by atoms with Gasteiger partial charge in [0.05, 0.1) is 18.5 Å².